The predicted octanol–water partition coefficient (Wildman–Crippen LogP) is 5.15. The highest BCUT2D eigenvalue weighted by atomic mass is 32.2. The lowest BCUT2D eigenvalue weighted by Gasteiger charge is -2.08. The van der Waals surface area contributed by atoms with Gasteiger partial charge >= 0.3 is 0 Å². The molecule has 0 saturated carbocycles. The van der Waals surface area contributed by atoms with Crippen molar-refractivity contribution in [2.45, 2.75) is 18.2 Å². The number of halogens is 1. The standard InChI is InChI=1S/C18H16FN3OS3/c1-11-3-4-12(2)15(9-11)20-16(23)10-25-17-21-22(18(24)26-17)14-7-5-13(19)6-8-14/h3-9H,10H2,1-2H3,(H,20,23). The molecule has 1 N–H and O–H groups in total. The molecule has 2 aromatic carbocycles. The van der Waals surface area contributed by atoms with Gasteiger partial charge in [0.15, 0.2) is 8.29 Å². The van der Waals surface area contributed by atoms with Crippen LogP contribution in [0, 0.1) is 23.6 Å². The van der Waals surface area contributed by atoms with Crippen LogP contribution in [-0.4, -0.2) is 21.4 Å². The van der Waals surface area contributed by atoms with Crippen LogP contribution in [0.3, 0.4) is 0 Å². The van der Waals surface area contributed by atoms with Crippen molar-refractivity contribution in [1.82, 2.24) is 9.78 Å². The molecule has 0 saturated heterocycles. The second-order valence-electron chi connectivity index (χ2n) is 5.68. The summed E-state index contributed by atoms with van der Waals surface area (Å²) in [7, 11) is 0. The Bertz CT molecular complexity index is 996. The Morgan fingerprint density at radius 3 is 2.73 bits per heavy atom. The highest BCUT2D eigenvalue weighted by Gasteiger charge is 2.10. The second kappa shape index (κ2) is 8.11. The first-order valence-corrected chi connectivity index (χ1v) is 9.99. The largest absolute Gasteiger partial charge is 0.325 e. The van der Waals surface area contributed by atoms with E-state index in [2.05, 4.69) is 10.4 Å². The molecule has 0 aliphatic carbocycles. The van der Waals surface area contributed by atoms with E-state index in [9.17, 15) is 9.18 Å². The molecular weight excluding hydrogens is 389 g/mol. The smallest absolute Gasteiger partial charge is 0.234 e. The number of hydrogen-bond acceptors (Lipinski definition) is 5. The Hall–Kier alpha value is -2.03. The number of nitrogens with zero attached hydrogens (tertiary/aromatic N) is 2. The van der Waals surface area contributed by atoms with Gasteiger partial charge in [-0.15, -0.1) is 5.10 Å². The van der Waals surface area contributed by atoms with Crippen LogP contribution in [0.2, 0.25) is 0 Å². The molecule has 0 spiro atoms. The third-order valence-corrected chi connectivity index (χ3v) is 5.96. The SMILES string of the molecule is Cc1ccc(C)c(NC(=O)CSc2nn(-c3ccc(F)cc3)c(=S)s2)c1. The quantitative estimate of drug-likeness (QED) is 0.471. The number of carbonyl (C=O) groups is 1. The molecule has 0 unspecified atom stereocenters. The molecule has 1 aromatic heterocycles. The zero-order valence-electron chi connectivity index (χ0n) is 14.2. The number of nitrogens with one attached hydrogen (secondary N) is 1. The number of aryl methyl sites for hydroxylation is 2. The molecule has 4 nitrogen and oxygen atoms in total. The Morgan fingerprint density at radius 2 is 2.00 bits per heavy atom. The number of rotatable bonds is 5. The molecule has 1 amide bonds. The molecule has 8 heteroatoms. The number of aromatic nitrogens is 2. The van der Waals surface area contributed by atoms with Gasteiger partial charge in [0.05, 0.1) is 11.4 Å². The van der Waals surface area contributed by atoms with Crippen molar-refractivity contribution >= 4 is 46.9 Å². The summed E-state index contributed by atoms with van der Waals surface area (Å²) >= 11 is 7.96. The van der Waals surface area contributed by atoms with Crippen LogP contribution >= 0.6 is 35.3 Å². The van der Waals surface area contributed by atoms with Crippen LogP contribution in [0.5, 0.6) is 0 Å². The number of carbonyl (C=O) groups excluding carboxylic acids is 1. The fourth-order valence-corrected chi connectivity index (χ4v) is 4.41. The lowest BCUT2D eigenvalue weighted by atomic mass is 10.1. The molecule has 0 aliphatic heterocycles. The molecule has 26 heavy (non-hydrogen) atoms. The highest BCUT2D eigenvalue weighted by Crippen LogP contribution is 2.25. The lowest BCUT2D eigenvalue weighted by molar-refractivity contribution is -0.113. The zero-order valence-corrected chi connectivity index (χ0v) is 16.6. The van der Waals surface area contributed by atoms with Gasteiger partial charge in [0.2, 0.25) is 5.91 Å². The van der Waals surface area contributed by atoms with Gasteiger partial charge in [-0.05, 0) is 67.5 Å². The number of amides is 1. The van der Waals surface area contributed by atoms with Crippen molar-refractivity contribution in [3.8, 4) is 5.69 Å². The Labute approximate surface area is 164 Å². The van der Waals surface area contributed by atoms with Crippen molar-refractivity contribution in [2.75, 3.05) is 11.1 Å². The van der Waals surface area contributed by atoms with E-state index < -0.39 is 0 Å². The monoisotopic (exact) mass is 405 g/mol. The Morgan fingerprint density at radius 1 is 1.27 bits per heavy atom. The molecule has 0 atom stereocenters. The van der Waals surface area contributed by atoms with Crippen molar-refractivity contribution in [3.05, 3.63) is 63.4 Å². The van der Waals surface area contributed by atoms with Crippen molar-refractivity contribution in [1.29, 1.82) is 0 Å². The summed E-state index contributed by atoms with van der Waals surface area (Å²) in [5.74, 6) is -0.176. The predicted molar refractivity (Wildman–Crippen MR) is 108 cm³/mol. The van der Waals surface area contributed by atoms with Crippen molar-refractivity contribution in [2.24, 2.45) is 0 Å². The lowest BCUT2D eigenvalue weighted by Crippen LogP contribution is -2.15. The molecule has 134 valence electrons. The van der Waals surface area contributed by atoms with E-state index in [1.165, 1.54) is 35.2 Å². The van der Waals surface area contributed by atoms with Gasteiger partial charge in [0, 0.05) is 5.69 Å². The minimum Gasteiger partial charge on any atom is -0.325 e. The number of benzene rings is 2. The summed E-state index contributed by atoms with van der Waals surface area (Å²) in [6.45, 7) is 3.94. The van der Waals surface area contributed by atoms with Crippen LogP contribution in [0.15, 0.2) is 46.8 Å². The minimum absolute atomic E-state index is 0.0989. The molecule has 0 radical (unpaired) electrons. The van der Waals surface area contributed by atoms with E-state index in [4.69, 9.17) is 12.2 Å². The summed E-state index contributed by atoms with van der Waals surface area (Å²) in [4.78, 5) is 12.2. The maximum atomic E-state index is 13.0. The Balaban J connectivity index is 1.65. The molecule has 3 aromatic rings. The second-order valence-corrected chi connectivity index (χ2v) is 8.52. The first-order valence-electron chi connectivity index (χ1n) is 7.78. The first kappa shape index (κ1) is 18.8. The maximum Gasteiger partial charge on any atom is 0.234 e. The van der Waals surface area contributed by atoms with Crippen LogP contribution in [0.1, 0.15) is 11.1 Å². The Kier molecular flexibility index (Phi) is 5.85. The highest BCUT2D eigenvalue weighted by molar-refractivity contribution is 8.01. The van der Waals surface area contributed by atoms with Gasteiger partial charge in [-0.25, -0.2) is 9.07 Å². The van der Waals surface area contributed by atoms with E-state index in [0.29, 0.717) is 14.0 Å². The number of anilines is 1. The van der Waals surface area contributed by atoms with Gasteiger partial charge in [-0.3, -0.25) is 4.79 Å². The summed E-state index contributed by atoms with van der Waals surface area (Å²) < 4.78 is 15.9. The van der Waals surface area contributed by atoms with Gasteiger partial charge in [0.25, 0.3) is 0 Å². The average molecular weight is 406 g/mol. The number of thioether (sulfide) groups is 1. The van der Waals surface area contributed by atoms with E-state index in [-0.39, 0.29) is 17.5 Å². The summed E-state index contributed by atoms with van der Waals surface area (Å²) in [6, 6.07) is 11.9. The zero-order chi connectivity index (χ0) is 18.7. The van der Waals surface area contributed by atoms with E-state index in [0.717, 1.165) is 16.8 Å². The van der Waals surface area contributed by atoms with E-state index in [1.807, 2.05) is 32.0 Å². The fourth-order valence-electron chi connectivity index (χ4n) is 2.25. The fraction of sp³-hybridized carbons (Fsp3) is 0.167. The topological polar surface area (TPSA) is 46.9 Å². The molecule has 1 heterocycles. The minimum atomic E-state index is -0.312. The molecule has 0 fully saturated rings. The third kappa shape index (κ3) is 4.57. The number of hydrogen-bond donors (Lipinski definition) is 1. The molecule has 0 aliphatic rings. The van der Waals surface area contributed by atoms with Crippen LogP contribution in [0.25, 0.3) is 5.69 Å². The summed E-state index contributed by atoms with van der Waals surface area (Å²) in [6.07, 6.45) is 0. The van der Waals surface area contributed by atoms with Crippen LogP contribution in [-0.2, 0) is 4.79 Å². The summed E-state index contributed by atoms with van der Waals surface area (Å²) in [5.41, 5.74) is 3.62. The average Bonchev–Trinajstić information content (AvgIpc) is 2.98. The summed E-state index contributed by atoms with van der Waals surface area (Å²) in [5, 5.41) is 7.34. The normalized spacial score (nSPS) is 10.7. The molecule has 0 bridgehead atoms. The third-order valence-electron chi connectivity index (χ3n) is 3.59. The van der Waals surface area contributed by atoms with Gasteiger partial charge in [-0.1, -0.05) is 35.2 Å². The van der Waals surface area contributed by atoms with Gasteiger partial charge < -0.3 is 5.32 Å². The molecular formula is C18H16FN3OS3. The van der Waals surface area contributed by atoms with Crippen molar-refractivity contribution < 1.29 is 9.18 Å². The first-order chi connectivity index (χ1) is 12.4. The van der Waals surface area contributed by atoms with Crippen molar-refractivity contribution in [3.63, 3.8) is 0 Å². The van der Waals surface area contributed by atoms with E-state index >= 15 is 0 Å². The maximum absolute atomic E-state index is 13.0. The van der Waals surface area contributed by atoms with Crippen LogP contribution < -0.4 is 5.32 Å². The van der Waals surface area contributed by atoms with E-state index in [1.54, 1.807) is 16.8 Å². The van der Waals surface area contributed by atoms with Gasteiger partial charge in [0.1, 0.15) is 5.82 Å². The van der Waals surface area contributed by atoms with Crippen LogP contribution in [0.4, 0.5) is 10.1 Å². The van der Waals surface area contributed by atoms with Gasteiger partial charge in [-0.2, -0.15) is 0 Å². The molecule has 3 rings (SSSR count).